The molecule has 0 aliphatic carbocycles. The first kappa shape index (κ1) is 22.6. The van der Waals surface area contributed by atoms with Crippen LogP contribution in [0.3, 0.4) is 0 Å². The van der Waals surface area contributed by atoms with Crippen LogP contribution in [0.25, 0.3) is 16.9 Å². The summed E-state index contributed by atoms with van der Waals surface area (Å²) in [6.07, 6.45) is -1.06. The maximum Gasteiger partial charge on any atom is 0.573 e. The average Bonchev–Trinajstić information content (AvgIpc) is 3.23. The lowest BCUT2D eigenvalue weighted by molar-refractivity contribution is -0.274. The van der Waals surface area contributed by atoms with Crippen LogP contribution in [0, 0.1) is 5.92 Å². The van der Waals surface area contributed by atoms with Crippen molar-refractivity contribution in [3.8, 4) is 22.8 Å². The molecule has 0 radical (unpaired) electrons. The zero-order valence-electron chi connectivity index (χ0n) is 19.1. The Balaban J connectivity index is 1.58. The number of hydrogen-bond donors (Lipinski definition) is 1. The minimum atomic E-state index is -4.76. The molecule has 2 aliphatic rings. The first-order valence-corrected chi connectivity index (χ1v) is 11.4. The van der Waals surface area contributed by atoms with Gasteiger partial charge in [0.25, 0.3) is 0 Å². The van der Waals surface area contributed by atoms with Gasteiger partial charge in [0.1, 0.15) is 18.0 Å². The summed E-state index contributed by atoms with van der Waals surface area (Å²) in [4.78, 5) is 8.93. The number of alkyl halides is 3. The van der Waals surface area contributed by atoms with Crippen molar-refractivity contribution >= 4 is 17.2 Å². The molecule has 0 bridgehead atoms. The van der Waals surface area contributed by atoms with E-state index in [0.717, 1.165) is 50.5 Å². The van der Waals surface area contributed by atoms with Gasteiger partial charge in [-0.1, -0.05) is 12.1 Å². The summed E-state index contributed by atoms with van der Waals surface area (Å²) in [6.45, 7) is 3.97. The Morgan fingerprint density at radius 2 is 2.00 bits per heavy atom. The molecule has 0 amide bonds. The van der Waals surface area contributed by atoms with Gasteiger partial charge in [0.15, 0.2) is 17.2 Å². The van der Waals surface area contributed by atoms with Crippen LogP contribution in [0.5, 0.6) is 11.5 Å². The molecule has 3 aromatic rings. The zero-order chi connectivity index (χ0) is 23.9. The third kappa shape index (κ3) is 4.31. The zero-order valence-corrected chi connectivity index (χ0v) is 19.1. The first-order chi connectivity index (χ1) is 16.3. The van der Waals surface area contributed by atoms with E-state index in [1.54, 1.807) is 16.8 Å². The van der Waals surface area contributed by atoms with E-state index in [0.29, 0.717) is 35.2 Å². The summed E-state index contributed by atoms with van der Waals surface area (Å²) >= 11 is 0. The molecule has 0 saturated carbocycles. The van der Waals surface area contributed by atoms with Gasteiger partial charge in [-0.3, -0.25) is 0 Å². The molecule has 2 aliphatic heterocycles. The molecule has 2 aromatic heterocycles. The summed E-state index contributed by atoms with van der Waals surface area (Å²) in [7, 11) is 3.98. The molecule has 1 aromatic carbocycles. The predicted octanol–water partition coefficient (Wildman–Crippen LogP) is 3.56. The lowest BCUT2D eigenvalue weighted by Gasteiger charge is -2.37. The van der Waals surface area contributed by atoms with E-state index in [1.807, 2.05) is 14.1 Å². The van der Waals surface area contributed by atoms with E-state index in [1.165, 1.54) is 18.2 Å². The molecule has 1 fully saturated rings. The van der Waals surface area contributed by atoms with Crippen LogP contribution in [0.1, 0.15) is 12.8 Å². The third-order valence-corrected chi connectivity index (χ3v) is 6.39. The number of fused-ring (bicyclic) bond motifs is 3. The van der Waals surface area contributed by atoms with Gasteiger partial charge in [0.2, 0.25) is 0 Å². The van der Waals surface area contributed by atoms with E-state index in [9.17, 15) is 13.2 Å². The van der Waals surface area contributed by atoms with Crippen molar-refractivity contribution in [3.63, 3.8) is 0 Å². The number of piperidine rings is 1. The van der Waals surface area contributed by atoms with Gasteiger partial charge in [-0.05, 0) is 44.5 Å². The highest BCUT2D eigenvalue weighted by Gasteiger charge is 2.32. The van der Waals surface area contributed by atoms with Gasteiger partial charge >= 0.3 is 6.36 Å². The molecule has 5 rings (SSSR count). The molecular weight excluding hydrogens is 449 g/mol. The van der Waals surface area contributed by atoms with Crippen molar-refractivity contribution in [1.29, 1.82) is 0 Å². The summed E-state index contributed by atoms with van der Waals surface area (Å²) in [6, 6.07) is 5.85. The van der Waals surface area contributed by atoms with Gasteiger partial charge in [-0.2, -0.15) is 0 Å². The van der Waals surface area contributed by atoms with Gasteiger partial charge in [-0.25, -0.2) is 9.50 Å². The first-order valence-electron chi connectivity index (χ1n) is 11.4. The number of nitrogens with one attached hydrogen (secondary N) is 1. The van der Waals surface area contributed by atoms with Crippen LogP contribution in [-0.2, 0) is 0 Å². The predicted molar refractivity (Wildman–Crippen MR) is 123 cm³/mol. The molecular formula is C23H27F3N6O2. The van der Waals surface area contributed by atoms with Crippen LogP contribution in [0.4, 0.5) is 24.7 Å². The number of rotatable bonds is 5. The molecule has 0 spiro atoms. The minimum absolute atomic E-state index is 0.291. The highest BCUT2D eigenvalue weighted by Crippen LogP contribution is 2.43. The van der Waals surface area contributed by atoms with E-state index in [2.05, 4.69) is 24.8 Å². The lowest BCUT2D eigenvalue weighted by Crippen LogP contribution is -2.39. The Kier molecular flexibility index (Phi) is 5.88. The van der Waals surface area contributed by atoms with Crippen LogP contribution >= 0.6 is 0 Å². The van der Waals surface area contributed by atoms with Crippen LogP contribution in [-0.4, -0.2) is 67.8 Å². The van der Waals surface area contributed by atoms with Crippen LogP contribution < -0.4 is 24.6 Å². The fraction of sp³-hybridized carbons (Fsp3) is 0.478. The summed E-state index contributed by atoms with van der Waals surface area (Å²) < 4.78 is 50.1. The molecule has 0 unspecified atom stereocenters. The molecule has 34 heavy (non-hydrogen) atoms. The Hall–Kier alpha value is -3.21. The normalized spacial score (nSPS) is 17.1. The molecule has 0 atom stereocenters. The summed E-state index contributed by atoms with van der Waals surface area (Å²) in [5.74, 6) is 1.77. The summed E-state index contributed by atoms with van der Waals surface area (Å²) in [5, 5.41) is 8.21. The van der Waals surface area contributed by atoms with E-state index < -0.39 is 6.36 Å². The topological polar surface area (TPSA) is 67.2 Å². The maximum atomic E-state index is 12.7. The van der Waals surface area contributed by atoms with Gasteiger partial charge in [-0.15, -0.1) is 18.3 Å². The van der Waals surface area contributed by atoms with E-state index >= 15 is 0 Å². The van der Waals surface area contributed by atoms with Crippen molar-refractivity contribution in [2.75, 3.05) is 56.7 Å². The van der Waals surface area contributed by atoms with Crippen LogP contribution in [0.15, 0.2) is 30.5 Å². The van der Waals surface area contributed by atoms with Crippen molar-refractivity contribution in [2.45, 2.75) is 19.2 Å². The Morgan fingerprint density at radius 3 is 2.74 bits per heavy atom. The maximum absolute atomic E-state index is 12.7. The van der Waals surface area contributed by atoms with Crippen molar-refractivity contribution in [3.05, 3.63) is 30.5 Å². The van der Waals surface area contributed by atoms with E-state index in [4.69, 9.17) is 9.84 Å². The molecule has 1 N–H and O–H groups in total. The van der Waals surface area contributed by atoms with Crippen molar-refractivity contribution in [2.24, 2.45) is 5.92 Å². The second-order valence-electron chi connectivity index (χ2n) is 8.71. The Bertz CT molecular complexity index is 1170. The average molecular weight is 477 g/mol. The fourth-order valence-corrected chi connectivity index (χ4v) is 4.72. The SMILES string of the molecule is CNCC1CCN(c2nn3c(-c4cccc(OC(F)(F)F)c4)cnc3c3c2N(C)CCO3)CC1. The highest BCUT2D eigenvalue weighted by atomic mass is 19.4. The monoisotopic (exact) mass is 476 g/mol. The van der Waals surface area contributed by atoms with Gasteiger partial charge in [0, 0.05) is 25.7 Å². The Morgan fingerprint density at radius 1 is 1.21 bits per heavy atom. The minimum Gasteiger partial charge on any atom is -0.486 e. The van der Waals surface area contributed by atoms with Crippen LogP contribution in [0.2, 0.25) is 0 Å². The second-order valence-corrected chi connectivity index (χ2v) is 8.71. The van der Waals surface area contributed by atoms with E-state index in [-0.39, 0.29) is 5.75 Å². The lowest BCUT2D eigenvalue weighted by atomic mass is 9.97. The number of imidazole rings is 1. The van der Waals surface area contributed by atoms with Crippen molar-refractivity contribution < 1.29 is 22.6 Å². The number of aromatic nitrogens is 3. The number of ether oxygens (including phenoxy) is 2. The van der Waals surface area contributed by atoms with Gasteiger partial charge < -0.3 is 24.6 Å². The fourth-order valence-electron chi connectivity index (χ4n) is 4.72. The molecule has 1 saturated heterocycles. The second kappa shape index (κ2) is 8.86. The number of hydrogen-bond acceptors (Lipinski definition) is 7. The molecule has 4 heterocycles. The largest absolute Gasteiger partial charge is 0.573 e. The number of benzene rings is 1. The third-order valence-electron chi connectivity index (χ3n) is 6.39. The Labute approximate surface area is 195 Å². The quantitative estimate of drug-likeness (QED) is 0.604. The number of anilines is 2. The smallest absolute Gasteiger partial charge is 0.486 e. The number of halogens is 3. The standard InChI is InChI=1S/C23H27F3N6O2/c1-27-13-15-6-8-31(9-7-15)21-19-20(33-11-10-30(19)2)22-28-14-18(32(22)29-21)16-4-3-5-17(12-16)34-23(24,25)26/h3-5,12,14-15,27H,6-11,13H2,1-2H3. The summed E-state index contributed by atoms with van der Waals surface area (Å²) in [5.41, 5.74) is 2.52. The molecule has 8 nitrogen and oxygen atoms in total. The highest BCUT2D eigenvalue weighted by molar-refractivity contribution is 5.83. The number of likely N-dealkylation sites (N-methyl/N-ethyl adjacent to an activating group) is 1. The van der Waals surface area contributed by atoms with Crippen molar-refractivity contribution in [1.82, 2.24) is 19.9 Å². The molecule has 182 valence electrons. The molecule has 11 heteroatoms. The van der Waals surface area contributed by atoms with Gasteiger partial charge in [0.05, 0.1) is 18.4 Å². The number of nitrogens with zero attached hydrogens (tertiary/aromatic N) is 5.